The van der Waals surface area contributed by atoms with Crippen molar-refractivity contribution >= 4 is 5.82 Å². The third kappa shape index (κ3) is 3.14. The Hall–Kier alpha value is -4.34. The number of hydrogen-bond acceptors (Lipinski definition) is 6. The zero-order chi connectivity index (χ0) is 19.4. The zero-order valence-corrected chi connectivity index (χ0v) is 14.4. The monoisotopic (exact) mass is 351 g/mol. The Balaban J connectivity index is 2.35. The number of pyridine rings is 1. The summed E-state index contributed by atoms with van der Waals surface area (Å²) in [6.45, 7) is 0. The lowest BCUT2D eigenvalue weighted by molar-refractivity contribution is 0.415. The van der Waals surface area contributed by atoms with E-state index in [1.807, 2.05) is 12.1 Å². The van der Waals surface area contributed by atoms with Gasteiger partial charge in [0.2, 0.25) is 0 Å². The van der Waals surface area contributed by atoms with Gasteiger partial charge in [-0.3, -0.25) is 0 Å². The van der Waals surface area contributed by atoms with E-state index in [0.29, 0.717) is 33.7 Å². The van der Waals surface area contributed by atoms with Crippen molar-refractivity contribution in [1.82, 2.24) is 4.98 Å². The molecule has 0 spiro atoms. The Labute approximate surface area is 156 Å². The van der Waals surface area contributed by atoms with Gasteiger partial charge < -0.3 is 10.5 Å². The Morgan fingerprint density at radius 1 is 0.889 bits per heavy atom. The minimum Gasteiger partial charge on any atom is -0.497 e. The number of nitrogens with two attached hydrogens (primary N) is 1. The third-order valence-corrected chi connectivity index (χ3v) is 4.09. The molecule has 2 aromatic carbocycles. The molecule has 128 valence electrons. The van der Waals surface area contributed by atoms with Gasteiger partial charge in [-0.25, -0.2) is 4.98 Å². The van der Waals surface area contributed by atoms with E-state index in [4.69, 9.17) is 15.7 Å². The van der Waals surface area contributed by atoms with Gasteiger partial charge in [-0.05, 0) is 29.8 Å². The van der Waals surface area contributed by atoms with Crippen LogP contribution in [0, 0.1) is 34.0 Å². The largest absolute Gasteiger partial charge is 0.497 e. The van der Waals surface area contributed by atoms with E-state index in [1.54, 1.807) is 55.6 Å². The van der Waals surface area contributed by atoms with Crippen LogP contribution in [0.5, 0.6) is 5.75 Å². The van der Waals surface area contributed by atoms with Crippen LogP contribution in [0.3, 0.4) is 0 Å². The fourth-order valence-corrected chi connectivity index (χ4v) is 2.81. The van der Waals surface area contributed by atoms with Gasteiger partial charge in [-0.15, -0.1) is 0 Å². The number of methoxy groups -OCH3 is 1. The molecule has 27 heavy (non-hydrogen) atoms. The van der Waals surface area contributed by atoms with Crippen molar-refractivity contribution in [2.24, 2.45) is 0 Å². The van der Waals surface area contributed by atoms with Gasteiger partial charge in [0.1, 0.15) is 29.3 Å². The number of ether oxygens (including phenoxy) is 1. The maximum absolute atomic E-state index is 9.84. The highest BCUT2D eigenvalue weighted by atomic mass is 16.5. The van der Waals surface area contributed by atoms with Crippen LogP contribution in [-0.4, -0.2) is 12.1 Å². The summed E-state index contributed by atoms with van der Waals surface area (Å²) in [6, 6.07) is 20.0. The predicted molar refractivity (Wildman–Crippen MR) is 100 cm³/mol. The highest BCUT2D eigenvalue weighted by Gasteiger charge is 2.21. The van der Waals surface area contributed by atoms with Crippen molar-refractivity contribution in [2.45, 2.75) is 0 Å². The summed E-state index contributed by atoms with van der Waals surface area (Å²) in [5, 5.41) is 28.4. The SMILES string of the molecule is COc1cccc(-c2nc(N)c(C#N)c(-c3ccc(C#N)cc3)c2C#N)c1. The number of hydrogen-bond donors (Lipinski definition) is 1. The van der Waals surface area contributed by atoms with Crippen LogP contribution in [0.4, 0.5) is 5.82 Å². The van der Waals surface area contributed by atoms with E-state index >= 15 is 0 Å². The summed E-state index contributed by atoms with van der Waals surface area (Å²) in [7, 11) is 1.55. The summed E-state index contributed by atoms with van der Waals surface area (Å²) >= 11 is 0. The number of nitriles is 3. The average Bonchev–Trinajstić information content (AvgIpc) is 2.73. The second kappa shape index (κ2) is 7.27. The van der Waals surface area contributed by atoms with Gasteiger partial charge in [0.25, 0.3) is 0 Å². The zero-order valence-electron chi connectivity index (χ0n) is 14.4. The number of benzene rings is 2. The quantitative estimate of drug-likeness (QED) is 0.769. The van der Waals surface area contributed by atoms with Crippen molar-refractivity contribution in [3.05, 3.63) is 65.2 Å². The second-order valence-electron chi connectivity index (χ2n) is 5.62. The van der Waals surface area contributed by atoms with Crippen LogP contribution in [0.1, 0.15) is 16.7 Å². The molecule has 0 atom stereocenters. The summed E-state index contributed by atoms with van der Waals surface area (Å²) in [6.07, 6.45) is 0. The van der Waals surface area contributed by atoms with Crippen molar-refractivity contribution in [2.75, 3.05) is 12.8 Å². The van der Waals surface area contributed by atoms with Crippen LogP contribution in [-0.2, 0) is 0 Å². The van der Waals surface area contributed by atoms with E-state index in [9.17, 15) is 10.5 Å². The fourth-order valence-electron chi connectivity index (χ4n) is 2.81. The minimum atomic E-state index is 0.0358. The highest BCUT2D eigenvalue weighted by molar-refractivity contribution is 5.87. The molecule has 0 saturated carbocycles. The highest BCUT2D eigenvalue weighted by Crippen LogP contribution is 2.36. The van der Waals surface area contributed by atoms with E-state index in [0.717, 1.165) is 0 Å². The summed E-state index contributed by atoms with van der Waals surface area (Å²) < 4.78 is 5.24. The molecule has 2 N–H and O–H groups in total. The van der Waals surface area contributed by atoms with Crippen LogP contribution < -0.4 is 10.5 Å². The maximum Gasteiger partial charge on any atom is 0.142 e. The molecule has 0 bridgehead atoms. The molecule has 0 aliphatic rings. The Morgan fingerprint density at radius 3 is 2.19 bits per heavy atom. The Kier molecular flexibility index (Phi) is 4.71. The first-order chi connectivity index (χ1) is 13.1. The molecule has 6 heteroatoms. The molecule has 1 heterocycles. The lowest BCUT2D eigenvalue weighted by Gasteiger charge is -2.14. The molecule has 3 rings (SSSR count). The Morgan fingerprint density at radius 2 is 1.59 bits per heavy atom. The number of aromatic nitrogens is 1. The minimum absolute atomic E-state index is 0.0358. The number of rotatable bonds is 3. The molecule has 0 radical (unpaired) electrons. The lowest BCUT2D eigenvalue weighted by atomic mass is 9.92. The average molecular weight is 351 g/mol. The Bertz CT molecular complexity index is 1150. The normalized spacial score (nSPS) is 9.70. The molecule has 0 amide bonds. The predicted octanol–water partition coefficient (Wildman–Crippen LogP) is 3.62. The van der Waals surface area contributed by atoms with Crippen molar-refractivity contribution in [3.8, 4) is 46.3 Å². The van der Waals surface area contributed by atoms with Gasteiger partial charge in [-0.2, -0.15) is 15.8 Å². The first kappa shape index (κ1) is 17.5. The third-order valence-electron chi connectivity index (χ3n) is 4.09. The van der Waals surface area contributed by atoms with Gasteiger partial charge in [0.15, 0.2) is 0 Å². The van der Waals surface area contributed by atoms with E-state index in [2.05, 4.69) is 11.1 Å². The van der Waals surface area contributed by atoms with Crippen LogP contribution >= 0.6 is 0 Å². The van der Waals surface area contributed by atoms with Crippen LogP contribution in [0.15, 0.2) is 48.5 Å². The first-order valence-corrected chi connectivity index (χ1v) is 7.91. The van der Waals surface area contributed by atoms with Gasteiger partial charge >= 0.3 is 0 Å². The smallest absolute Gasteiger partial charge is 0.142 e. The van der Waals surface area contributed by atoms with Crippen molar-refractivity contribution in [1.29, 1.82) is 15.8 Å². The molecular formula is C21H13N5O. The number of anilines is 1. The van der Waals surface area contributed by atoms with Gasteiger partial charge in [-0.1, -0.05) is 24.3 Å². The fraction of sp³-hybridized carbons (Fsp3) is 0.0476. The maximum atomic E-state index is 9.84. The van der Waals surface area contributed by atoms with E-state index in [-0.39, 0.29) is 16.9 Å². The molecular weight excluding hydrogens is 338 g/mol. The topological polar surface area (TPSA) is 120 Å². The number of nitrogens with zero attached hydrogens (tertiary/aromatic N) is 4. The van der Waals surface area contributed by atoms with E-state index in [1.165, 1.54) is 0 Å². The van der Waals surface area contributed by atoms with Crippen LogP contribution in [0.2, 0.25) is 0 Å². The van der Waals surface area contributed by atoms with Gasteiger partial charge in [0.05, 0.1) is 30.0 Å². The lowest BCUT2D eigenvalue weighted by Crippen LogP contribution is -2.04. The molecule has 6 nitrogen and oxygen atoms in total. The molecule has 0 aliphatic heterocycles. The molecule has 0 unspecified atom stereocenters. The van der Waals surface area contributed by atoms with Crippen molar-refractivity contribution < 1.29 is 4.74 Å². The first-order valence-electron chi connectivity index (χ1n) is 7.91. The summed E-state index contributed by atoms with van der Waals surface area (Å²) in [5.41, 5.74) is 8.90. The molecule has 0 saturated heterocycles. The molecule has 3 aromatic rings. The van der Waals surface area contributed by atoms with Gasteiger partial charge in [0, 0.05) is 11.1 Å². The van der Waals surface area contributed by atoms with Crippen LogP contribution in [0.25, 0.3) is 22.4 Å². The standard InChI is InChI=1S/C21H13N5O/c1-27-16-4-2-3-15(9-16)20-17(11-23)19(18(12-24)21(25)26-20)14-7-5-13(10-22)6-8-14/h2-9H,1H3,(H2,25,26). The summed E-state index contributed by atoms with van der Waals surface area (Å²) in [4.78, 5) is 4.31. The molecule has 1 aromatic heterocycles. The summed E-state index contributed by atoms with van der Waals surface area (Å²) in [5.74, 6) is 0.648. The van der Waals surface area contributed by atoms with E-state index < -0.39 is 0 Å². The second-order valence-corrected chi connectivity index (χ2v) is 5.62. The number of nitrogen functional groups attached to an aromatic ring is 1. The van der Waals surface area contributed by atoms with Crippen molar-refractivity contribution in [3.63, 3.8) is 0 Å². The molecule has 0 fully saturated rings. The molecule has 0 aliphatic carbocycles.